The molecule has 3 aromatic rings. The lowest BCUT2D eigenvalue weighted by Gasteiger charge is -2.12. The summed E-state index contributed by atoms with van der Waals surface area (Å²) in [7, 11) is 0. The first-order chi connectivity index (χ1) is 12.7. The summed E-state index contributed by atoms with van der Waals surface area (Å²) >= 11 is 0. The number of nitrogens with one attached hydrogen (secondary N) is 1. The lowest BCUT2D eigenvalue weighted by atomic mass is 10.1. The zero-order valence-corrected chi connectivity index (χ0v) is 14.4. The minimum Gasteiger partial charge on any atom is -0.310 e. The van der Waals surface area contributed by atoms with E-state index in [1.165, 1.54) is 12.1 Å². The van der Waals surface area contributed by atoms with Crippen LogP contribution in [0.4, 0.5) is 10.2 Å². The van der Waals surface area contributed by atoms with Crippen molar-refractivity contribution >= 4 is 11.7 Å². The molecule has 0 radical (unpaired) electrons. The molecule has 1 aromatic heterocycles. The summed E-state index contributed by atoms with van der Waals surface area (Å²) in [6.07, 6.45) is 4.03. The second-order valence-corrected chi connectivity index (χ2v) is 6.64. The van der Waals surface area contributed by atoms with Crippen LogP contribution in [0, 0.1) is 11.7 Å². The van der Waals surface area contributed by atoms with E-state index in [1.54, 1.807) is 16.8 Å². The van der Waals surface area contributed by atoms with Gasteiger partial charge >= 0.3 is 0 Å². The van der Waals surface area contributed by atoms with Gasteiger partial charge in [-0.15, -0.1) is 0 Å². The fourth-order valence-electron chi connectivity index (χ4n) is 3.44. The highest BCUT2D eigenvalue weighted by atomic mass is 19.1. The number of rotatable bonds is 4. The molecule has 0 bridgehead atoms. The van der Waals surface area contributed by atoms with Crippen molar-refractivity contribution in [2.24, 2.45) is 5.92 Å². The van der Waals surface area contributed by atoms with Crippen LogP contribution in [0.25, 0.3) is 16.9 Å². The van der Waals surface area contributed by atoms with E-state index in [9.17, 15) is 9.18 Å². The van der Waals surface area contributed by atoms with Gasteiger partial charge in [0.15, 0.2) is 0 Å². The van der Waals surface area contributed by atoms with E-state index in [1.807, 2.05) is 36.4 Å². The highest BCUT2D eigenvalue weighted by molar-refractivity contribution is 5.92. The topological polar surface area (TPSA) is 46.9 Å². The summed E-state index contributed by atoms with van der Waals surface area (Å²) in [4.78, 5) is 12.6. The van der Waals surface area contributed by atoms with E-state index in [0.717, 1.165) is 36.9 Å². The molecule has 0 atom stereocenters. The van der Waals surface area contributed by atoms with E-state index < -0.39 is 0 Å². The maximum Gasteiger partial charge on any atom is 0.228 e. The van der Waals surface area contributed by atoms with Crippen LogP contribution in [-0.2, 0) is 4.79 Å². The molecular formula is C21H20FN3O. The van der Waals surface area contributed by atoms with E-state index in [2.05, 4.69) is 10.4 Å². The molecule has 1 fully saturated rings. The molecule has 4 nitrogen and oxygen atoms in total. The number of amides is 1. The van der Waals surface area contributed by atoms with Gasteiger partial charge in [0.2, 0.25) is 5.91 Å². The molecule has 0 unspecified atom stereocenters. The number of hydrogen-bond acceptors (Lipinski definition) is 2. The normalized spacial score (nSPS) is 14.5. The number of nitrogens with zero attached hydrogens (tertiary/aromatic N) is 2. The second-order valence-electron chi connectivity index (χ2n) is 6.64. The largest absolute Gasteiger partial charge is 0.310 e. The number of benzene rings is 2. The Morgan fingerprint density at radius 3 is 2.54 bits per heavy atom. The molecule has 132 valence electrons. The Bertz CT molecular complexity index is 914. The van der Waals surface area contributed by atoms with Gasteiger partial charge in [0.1, 0.15) is 11.6 Å². The molecule has 26 heavy (non-hydrogen) atoms. The Kier molecular flexibility index (Phi) is 4.52. The van der Waals surface area contributed by atoms with E-state index in [0.29, 0.717) is 11.5 Å². The van der Waals surface area contributed by atoms with Gasteiger partial charge < -0.3 is 5.32 Å². The molecule has 2 aromatic carbocycles. The fourth-order valence-corrected chi connectivity index (χ4v) is 3.44. The smallest absolute Gasteiger partial charge is 0.228 e. The zero-order chi connectivity index (χ0) is 17.9. The first kappa shape index (κ1) is 16.5. The third-order valence-electron chi connectivity index (χ3n) is 4.81. The number of hydrogen-bond donors (Lipinski definition) is 1. The summed E-state index contributed by atoms with van der Waals surface area (Å²) < 4.78 is 15.3. The summed E-state index contributed by atoms with van der Waals surface area (Å²) in [5.41, 5.74) is 2.25. The molecule has 1 amide bonds. The fraction of sp³-hybridized carbons (Fsp3) is 0.238. The molecule has 0 spiro atoms. The summed E-state index contributed by atoms with van der Waals surface area (Å²) in [6.45, 7) is 0. The van der Waals surface area contributed by atoms with Crippen molar-refractivity contribution in [3.8, 4) is 16.9 Å². The molecule has 1 heterocycles. The monoisotopic (exact) mass is 349 g/mol. The van der Waals surface area contributed by atoms with Crippen molar-refractivity contribution < 1.29 is 9.18 Å². The van der Waals surface area contributed by atoms with Crippen LogP contribution in [0.15, 0.2) is 60.7 Å². The van der Waals surface area contributed by atoms with Crippen molar-refractivity contribution in [1.82, 2.24) is 9.78 Å². The Morgan fingerprint density at radius 2 is 1.81 bits per heavy atom. The van der Waals surface area contributed by atoms with Gasteiger partial charge in [-0.1, -0.05) is 49.2 Å². The Hall–Kier alpha value is -2.95. The minimum absolute atomic E-state index is 0.0136. The predicted molar refractivity (Wildman–Crippen MR) is 99.5 cm³/mol. The SMILES string of the molecule is O=C(Nc1cc(-c2ccccc2)nn1-c1cccc(F)c1)C1CCCC1. The molecule has 5 heteroatoms. The Balaban J connectivity index is 1.72. The lowest BCUT2D eigenvalue weighted by Crippen LogP contribution is -2.22. The summed E-state index contributed by atoms with van der Waals surface area (Å²) in [5, 5.41) is 7.61. The van der Waals surface area contributed by atoms with Gasteiger partial charge in [0.05, 0.1) is 11.4 Å². The van der Waals surface area contributed by atoms with E-state index in [-0.39, 0.29) is 17.6 Å². The predicted octanol–water partition coefficient (Wildman–Crippen LogP) is 4.81. The van der Waals surface area contributed by atoms with Crippen LogP contribution in [0.2, 0.25) is 0 Å². The standard InChI is InChI=1S/C21H20FN3O/c22-17-11-6-12-18(13-17)25-20(23-21(26)16-9-4-5-10-16)14-19(24-25)15-7-2-1-3-8-15/h1-3,6-8,11-14,16H,4-5,9-10H2,(H,23,26). The lowest BCUT2D eigenvalue weighted by molar-refractivity contribution is -0.119. The van der Waals surface area contributed by atoms with Gasteiger partial charge in [-0.05, 0) is 31.0 Å². The van der Waals surface area contributed by atoms with Crippen LogP contribution in [0.1, 0.15) is 25.7 Å². The second kappa shape index (κ2) is 7.12. The van der Waals surface area contributed by atoms with Crippen LogP contribution in [0.5, 0.6) is 0 Å². The molecule has 4 rings (SSSR count). The number of aromatic nitrogens is 2. The molecule has 1 aliphatic carbocycles. The van der Waals surface area contributed by atoms with Crippen molar-refractivity contribution in [2.75, 3.05) is 5.32 Å². The van der Waals surface area contributed by atoms with E-state index in [4.69, 9.17) is 0 Å². The van der Waals surface area contributed by atoms with Crippen LogP contribution < -0.4 is 5.32 Å². The zero-order valence-electron chi connectivity index (χ0n) is 14.4. The van der Waals surface area contributed by atoms with Gasteiger partial charge in [-0.3, -0.25) is 4.79 Å². The summed E-state index contributed by atoms with van der Waals surface area (Å²) in [6, 6.07) is 17.8. The summed E-state index contributed by atoms with van der Waals surface area (Å²) in [5.74, 6) is 0.282. The van der Waals surface area contributed by atoms with Crippen molar-refractivity contribution in [1.29, 1.82) is 0 Å². The molecule has 0 aliphatic heterocycles. The third-order valence-corrected chi connectivity index (χ3v) is 4.81. The van der Waals surface area contributed by atoms with Gasteiger partial charge in [-0.2, -0.15) is 5.10 Å². The Labute approximate surface area is 151 Å². The van der Waals surface area contributed by atoms with Gasteiger partial charge in [-0.25, -0.2) is 9.07 Å². The average molecular weight is 349 g/mol. The Morgan fingerprint density at radius 1 is 1.04 bits per heavy atom. The van der Waals surface area contributed by atoms with Crippen molar-refractivity contribution in [3.05, 3.63) is 66.5 Å². The molecule has 1 N–H and O–H groups in total. The minimum atomic E-state index is -0.340. The van der Waals surface area contributed by atoms with Crippen molar-refractivity contribution in [3.63, 3.8) is 0 Å². The average Bonchev–Trinajstić information content (AvgIpc) is 3.33. The maximum atomic E-state index is 13.7. The third kappa shape index (κ3) is 3.38. The number of anilines is 1. The number of carbonyl (C=O) groups excluding carboxylic acids is 1. The number of halogens is 1. The maximum absolute atomic E-state index is 13.7. The van der Waals surface area contributed by atoms with Crippen LogP contribution >= 0.6 is 0 Å². The highest BCUT2D eigenvalue weighted by Crippen LogP contribution is 2.28. The van der Waals surface area contributed by atoms with Crippen LogP contribution in [0.3, 0.4) is 0 Å². The first-order valence-corrected chi connectivity index (χ1v) is 8.93. The molecule has 1 saturated carbocycles. The first-order valence-electron chi connectivity index (χ1n) is 8.93. The number of carbonyl (C=O) groups is 1. The highest BCUT2D eigenvalue weighted by Gasteiger charge is 2.24. The van der Waals surface area contributed by atoms with Crippen LogP contribution in [-0.4, -0.2) is 15.7 Å². The molecule has 1 aliphatic rings. The van der Waals surface area contributed by atoms with E-state index >= 15 is 0 Å². The molecule has 0 saturated heterocycles. The van der Waals surface area contributed by atoms with Gasteiger partial charge in [0, 0.05) is 17.5 Å². The quantitative estimate of drug-likeness (QED) is 0.735. The van der Waals surface area contributed by atoms with Gasteiger partial charge in [0.25, 0.3) is 0 Å². The van der Waals surface area contributed by atoms with Crippen molar-refractivity contribution in [2.45, 2.75) is 25.7 Å². The molecular weight excluding hydrogens is 329 g/mol.